The molecule has 0 N–H and O–H groups in total. The van der Waals surface area contributed by atoms with E-state index in [1.54, 1.807) is 37.3 Å². The molecule has 1 aromatic rings. The second-order valence-corrected chi connectivity index (χ2v) is 3.79. The Bertz CT molecular complexity index is 371. The summed E-state index contributed by atoms with van der Waals surface area (Å²) in [6, 6.07) is 6.66. The third-order valence-corrected chi connectivity index (χ3v) is 2.63. The van der Waals surface area contributed by atoms with Crippen LogP contribution in [0.1, 0.15) is 6.92 Å². The topological polar surface area (TPSA) is 26.3 Å². The molecule has 2 nitrogen and oxygen atoms in total. The predicted molar refractivity (Wildman–Crippen MR) is 64.6 cm³/mol. The van der Waals surface area contributed by atoms with Crippen molar-refractivity contribution in [2.75, 3.05) is 5.33 Å². The van der Waals surface area contributed by atoms with Gasteiger partial charge in [-0.15, -0.1) is 0 Å². The van der Waals surface area contributed by atoms with Crippen LogP contribution in [0.4, 0.5) is 0 Å². The fourth-order valence-electron chi connectivity index (χ4n) is 0.925. The molecule has 1 rings (SSSR count). The van der Waals surface area contributed by atoms with Crippen molar-refractivity contribution in [3.8, 4) is 5.75 Å². The minimum absolute atomic E-state index is 0.350. The first-order chi connectivity index (χ1) is 7.17. The summed E-state index contributed by atoms with van der Waals surface area (Å²) in [5, 5.41) is 1.09. The fourth-order valence-corrected chi connectivity index (χ4v) is 1.60. The summed E-state index contributed by atoms with van der Waals surface area (Å²) in [7, 11) is 0. The van der Waals surface area contributed by atoms with E-state index in [1.807, 2.05) is 0 Å². The first-order valence-electron chi connectivity index (χ1n) is 4.36. The highest BCUT2D eigenvalue weighted by Crippen LogP contribution is 2.16. The second-order valence-electron chi connectivity index (χ2n) is 2.79. The minimum atomic E-state index is -0.350. The van der Waals surface area contributed by atoms with E-state index in [0.29, 0.717) is 21.7 Å². The zero-order valence-electron chi connectivity index (χ0n) is 8.17. The summed E-state index contributed by atoms with van der Waals surface area (Å²) in [6.45, 7) is 1.79. The standard InChI is InChI=1S/C11H10BrClO2/c1-2-8(7-12)11(14)15-10-5-3-9(13)4-6-10/h2-6H,7H2,1H3. The van der Waals surface area contributed by atoms with E-state index in [0.717, 1.165) is 0 Å². The molecule has 0 heterocycles. The molecule has 0 spiro atoms. The van der Waals surface area contributed by atoms with Gasteiger partial charge in [-0.1, -0.05) is 33.6 Å². The van der Waals surface area contributed by atoms with E-state index >= 15 is 0 Å². The van der Waals surface area contributed by atoms with Crippen molar-refractivity contribution in [2.45, 2.75) is 6.92 Å². The molecule has 15 heavy (non-hydrogen) atoms. The lowest BCUT2D eigenvalue weighted by Gasteiger charge is -2.04. The van der Waals surface area contributed by atoms with Crippen molar-refractivity contribution in [1.82, 2.24) is 0 Å². The molecule has 0 saturated carbocycles. The van der Waals surface area contributed by atoms with Gasteiger partial charge in [0.1, 0.15) is 5.75 Å². The number of ether oxygens (including phenoxy) is 1. The van der Waals surface area contributed by atoms with Gasteiger partial charge in [0.25, 0.3) is 0 Å². The number of carbonyl (C=O) groups excluding carboxylic acids is 1. The molecular weight excluding hydrogens is 279 g/mol. The molecule has 0 amide bonds. The number of rotatable bonds is 3. The molecule has 1 aromatic carbocycles. The normalized spacial score (nSPS) is 11.3. The quantitative estimate of drug-likeness (QED) is 0.368. The van der Waals surface area contributed by atoms with Crippen LogP contribution in [0.25, 0.3) is 0 Å². The Labute approximate surface area is 102 Å². The molecule has 0 aliphatic rings. The molecule has 0 aromatic heterocycles. The molecule has 80 valence electrons. The fraction of sp³-hybridized carbons (Fsp3) is 0.182. The van der Waals surface area contributed by atoms with E-state index in [9.17, 15) is 4.79 Å². The predicted octanol–water partition coefficient (Wildman–Crippen LogP) is 3.59. The van der Waals surface area contributed by atoms with Gasteiger partial charge in [0.2, 0.25) is 0 Å². The van der Waals surface area contributed by atoms with E-state index in [1.165, 1.54) is 0 Å². The van der Waals surface area contributed by atoms with E-state index in [4.69, 9.17) is 16.3 Å². The maximum atomic E-state index is 11.5. The number of halogens is 2. The van der Waals surface area contributed by atoms with Gasteiger partial charge in [-0.25, -0.2) is 4.79 Å². The number of allylic oxidation sites excluding steroid dienone is 1. The van der Waals surface area contributed by atoms with Gasteiger partial charge >= 0.3 is 5.97 Å². The molecule has 0 radical (unpaired) electrons. The van der Waals surface area contributed by atoms with Crippen LogP contribution in [0, 0.1) is 0 Å². The highest BCUT2D eigenvalue weighted by molar-refractivity contribution is 9.09. The highest BCUT2D eigenvalue weighted by Gasteiger charge is 2.09. The number of benzene rings is 1. The lowest BCUT2D eigenvalue weighted by Crippen LogP contribution is -2.11. The van der Waals surface area contributed by atoms with Gasteiger partial charge < -0.3 is 4.74 Å². The van der Waals surface area contributed by atoms with Crippen LogP contribution >= 0.6 is 27.5 Å². The van der Waals surface area contributed by atoms with Gasteiger partial charge in [-0.05, 0) is 31.2 Å². The molecule has 0 atom stereocenters. The average molecular weight is 290 g/mol. The van der Waals surface area contributed by atoms with Crippen LogP contribution < -0.4 is 4.74 Å². The average Bonchev–Trinajstić information content (AvgIpc) is 2.23. The molecule has 0 aliphatic carbocycles. The zero-order valence-corrected chi connectivity index (χ0v) is 10.5. The van der Waals surface area contributed by atoms with Crippen LogP contribution in [0.2, 0.25) is 5.02 Å². The van der Waals surface area contributed by atoms with Crippen LogP contribution in [0.15, 0.2) is 35.9 Å². The first-order valence-corrected chi connectivity index (χ1v) is 5.86. The van der Waals surface area contributed by atoms with Gasteiger partial charge in [0.15, 0.2) is 0 Å². The Kier molecular flexibility index (Phi) is 4.85. The zero-order chi connectivity index (χ0) is 11.3. The van der Waals surface area contributed by atoms with Crippen molar-refractivity contribution < 1.29 is 9.53 Å². The molecule has 4 heteroatoms. The van der Waals surface area contributed by atoms with Crippen LogP contribution in [-0.4, -0.2) is 11.3 Å². The summed E-state index contributed by atoms with van der Waals surface area (Å²) >= 11 is 8.92. The Morgan fingerprint density at radius 3 is 2.53 bits per heavy atom. The maximum absolute atomic E-state index is 11.5. The molecule has 0 bridgehead atoms. The molecular formula is C11H10BrClO2. The van der Waals surface area contributed by atoms with Crippen LogP contribution in [0.5, 0.6) is 5.75 Å². The number of hydrogen-bond donors (Lipinski definition) is 0. The summed E-state index contributed by atoms with van der Waals surface area (Å²) in [4.78, 5) is 11.5. The number of hydrogen-bond acceptors (Lipinski definition) is 2. The maximum Gasteiger partial charge on any atom is 0.339 e. The van der Waals surface area contributed by atoms with Gasteiger partial charge in [0, 0.05) is 15.9 Å². The third kappa shape index (κ3) is 3.68. The minimum Gasteiger partial charge on any atom is -0.423 e. The highest BCUT2D eigenvalue weighted by atomic mass is 79.9. The van der Waals surface area contributed by atoms with Crippen molar-refractivity contribution in [3.05, 3.63) is 40.9 Å². The molecule has 0 aliphatic heterocycles. The first kappa shape index (κ1) is 12.3. The number of alkyl halides is 1. The van der Waals surface area contributed by atoms with Gasteiger partial charge in [0.05, 0.1) is 0 Å². The Hall–Kier alpha value is -0.800. The lowest BCUT2D eigenvalue weighted by molar-refractivity contribution is -0.130. The second kappa shape index (κ2) is 5.93. The van der Waals surface area contributed by atoms with E-state index in [2.05, 4.69) is 15.9 Å². The monoisotopic (exact) mass is 288 g/mol. The van der Waals surface area contributed by atoms with Gasteiger partial charge in [-0.3, -0.25) is 0 Å². The third-order valence-electron chi connectivity index (χ3n) is 1.78. The van der Waals surface area contributed by atoms with Crippen molar-refractivity contribution in [2.24, 2.45) is 0 Å². The smallest absolute Gasteiger partial charge is 0.339 e. The van der Waals surface area contributed by atoms with Crippen molar-refractivity contribution >= 4 is 33.5 Å². The molecule has 0 unspecified atom stereocenters. The van der Waals surface area contributed by atoms with Crippen molar-refractivity contribution in [3.63, 3.8) is 0 Å². The largest absolute Gasteiger partial charge is 0.423 e. The van der Waals surface area contributed by atoms with Crippen molar-refractivity contribution in [1.29, 1.82) is 0 Å². The van der Waals surface area contributed by atoms with E-state index in [-0.39, 0.29) is 5.97 Å². The lowest BCUT2D eigenvalue weighted by atomic mass is 10.3. The van der Waals surface area contributed by atoms with Crippen LogP contribution in [0.3, 0.4) is 0 Å². The Balaban J connectivity index is 2.70. The van der Waals surface area contributed by atoms with E-state index < -0.39 is 0 Å². The molecule has 0 fully saturated rings. The van der Waals surface area contributed by atoms with Gasteiger partial charge in [-0.2, -0.15) is 0 Å². The number of esters is 1. The SMILES string of the molecule is CC=C(CBr)C(=O)Oc1ccc(Cl)cc1. The summed E-state index contributed by atoms with van der Waals surface area (Å²) < 4.78 is 5.12. The number of carbonyl (C=O) groups is 1. The molecule has 0 saturated heterocycles. The Morgan fingerprint density at radius 2 is 2.07 bits per heavy atom. The summed E-state index contributed by atoms with van der Waals surface area (Å²) in [6.07, 6.45) is 1.72. The van der Waals surface area contributed by atoms with Crippen LogP contribution in [-0.2, 0) is 4.79 Å². The Morgan fingerprint density at radius 1 is 1.47 bits per heavy atom. The summed E-state index contributed by atoms with van der Waals surface area (Å²) in [5.74, 6) is 0.140. The summed E-state index contributed by atoms with van der Waals surface area (Å²) in [5.41, 5.74) is 0.588.